The Kier molecular flexibility index (Phi) is 6.85. The molecule has 150 valence electrons. The van der Waals surface area contributed by atoms with Crippen LogP contribution in [0.15, 0.2) is 36.4 Å². The topological polar surface area (TPSA) is 107 Å². The number of benzene rings is 1. The average molecular weight is 390 g/mol. The fraction of sp³-hybridized carbons (Fsp3) is 0.500. The van der Waals surface area contributed by atoms with Gasteiger partial charge in [0, 0.05) is 18.3 Å². The third-order valence-electron chi connectivity index (χ3n) is 4.46. The van der Waals surface area contributed by atoms with Gasteiger partial charge in [-0.25, -0.2) is 0 Å². The summed E-state index contributed by atoms with van der Waals surface area (Å²) < 4.78 is 43.1. The highest BCUT2D eigenvalue weighted by molar-refractivity contribution is 5.67. The van der Waals surface area contributed by atoms with Gasteiger partial charge in [0.15, 0.2) is 0 Å². The van der Waals surface area contributed by atoms with Crippen LogP contribution in [0.2, 0.25) is 0 Å². The molecule has 0 saturated heterocycles. The fourth-order valence-corrected chi connectivity index (χ4v) is 3.12. The maximum absolute atomic E-state index is 12.7. The second kappa shape index (κ2) is 8.73. The molecule has 0 aliphatic heterocycles. The summed E-state index contributed by atoms with van der Waals surface area (Å²) in [6, 6.07) is 4.23. The monoisotopic (exact) mass is 390 g/mol. The number of aliphatic carboxylic acids is 1. The predicted molar refractivity (Wildman–Crippen MR) is 87.9 cm³/mol. The number of carboxylic acids is 1. The van der Waals surface area contributed by atoms with Crippen molar-refractivity contribution < 1.29 is 43.1 Å². The minimum Gasteiger partial charge on any atom is -0.491 e. The molecule has 2 rings (SSSR count). The van der Waals surface area contributed by atoms with Crippen LogP contribution < -0.4 is 4.74 Å². The second-order valence-corrected chi connectivity index (χ2v) is 6.50. The summed E-state index contributed by atoms with van der Waals surface area (Å²) >= 11 is 0. The maximum atomic E-state index is 12.7. The van der Waals surface area contributed by atoms with Gasteiger partial charge < -0.3 is 25.2 Å². The standard InChI is InChI=1S/C18H21F3O6/c19-18(20,21)10-2-1-3-12(6-10)27-9-11(22)4-5-13-14(7-17(25)26)16(24)8-15(13)23/h1-6,11,13-16,22-24H,7-9H2,(H,25,26)/b5-4+/t11-,13+,14+,15+,16-/m0/s1. The summed E-state index contributed by atoms with van der Waals surface area (Å²) in [5.41, 5.74) is -0.871. The summed E-state index contributed by atoms with van der Waals surface area (Å²) in [7, 11) is 0. The normalized spacial score (nSPS) is 27.0. The molecule has 5 atom stereocenters. The van der Waals surface area contributed by atoms with E-state index in [1.165, 1.54) is 24.3 Å². The van der Waals surface area contributed by atoms with Crippen LogP contribution in [0.25, 0.3) is 0 Å². The molecule has 0 spiro atoms. The Balaban J connectivity index is 1.94. The second-order valence-electron chi connectivity index (χ2n) is 6.50. The smallest absolute Gasteiger partial charge is 0.416 e. The SMILES string of the molecule is O=C(O)C[C@@H]1[C@@H](/C=C/[C@H](O)COc2cccc(C(F)(F)F)c2)[C@H](O)C[C@@H]1O. The molecule has 1 fully saturated rings. The van der Waals surface area contributed by atoms with Crippen molar-refractivity contribution in [3.05, 3.63) is 42.0 Å². The molecular weight excluding hydrogens is 369 g/mol. The van der Waals surface area contributed by atoms with E-state index < -0.39 is 47.9 Å². The van der Waals surface area contributed by atoms with E-state index in [1.54, 1.807) is 0 Å². The van der Waals surface area contributed by atoms with Gasteiger partial charge in [-0.1, -0.05) is 18.2 Å². The van der Waals surface area contributed by atoms with Gasteiger partial charge in [0.25, 0.3) is 0 Å². The Morgan fingerprint density at radius 1 is 1.30 bits per heavy atom. The number of ether oxygens (including phenoxy) is 1. The van der Waals surface area contributed by atoms with Crippen LogP contribution in [-0.4, -0.2) is 51.3 Å². The number of carbonyl (C=O) groups is 1. The Hall–Kier alpha value is -2.10. The summed E-state index contributed by atoms with van der Waals surface area (Å²) in [4.78, 5) is 10.9. The number of hydrogen-bond donors (Lipinski definition) is 4. The van der Waals surface area contributed by atoms with Gasteiger partial charge in [-0.2, -0.15) is 13.2 Å². The molecular formula is C18H21F3O6. The van der Waals surface area contributed by atoms with E-state index in [0.29, 0.717) is 0 Å². The first-order valence-electron chi connectivity index (χ1n) is 8.32. The maximum Gasteiger partial charge on any atom is 0.416 e. The lowest BCUT2D eigenvalue weighted by molar-refractivity contribution is -0.139. The zero-order valence-electron chi connectivity index (χ0n) is 14.2. The lowest BCUT2D eigenvalue weighted by Gasteiger charge is -2.19. The van der Waals surface area contributed by atoms with Crippen LogP contribution >= 0.6 is 0 Å². The highest BCUT2D eigenvalue weighted by Gasteiger charge is 2.41. The highest BCUT2D eigenvalue weighted by atomic mass is 19.4. The van der Waals surface area contributed by atoms with E-state index in [1.807, 2.05) is 0 Å². The quantitative estimate of drug-likeness (QED) is 0.529. The van der Waals surface area contributed by atoms with Crippen LogP contribution in [0, 0.1) is 11.8 Å². The first-order chi connectivity index (χ1) is 12.6. The Morgan fingerprint density at radius 2 is 2.00 bits per heavy atom. The highest BCUT2D eigenvalue weighted by Crippen LogP contribution is 2.36. The number of aliphatic hydroxyl groups is 3. The third-order valence-corrected chi connectivity index (χ3v) is 4.46. The van der Waals surface area contributed by atoms with Gasteiger partial charge in [-0.05, 0) is 18.2 Å². The minimum absolute atomic E-state index is 0.0315. The van der Waals surface area contributed by atoms with E-state index >= 15 is 0 Å². The molecule has 6 nitrogen and oxygen atoms in total. The van der Waals surface area contributed by atoms with Crippen LogP contribution in [0.1, 0.15) is 18.4 Å². The molecule has 1 aliphatic rings. The van der Waals surface area contributed by atoms with Gasteiger partial charge in [-0.15, -0.1) is 0 Å². The number of carboxylic acid groups (broad SMARTS) is 1. The fourth-order valence-electron chi connectivity index (χ4n) is 3.12. The zero-order valence-corrected chi connectivity index (χ0v) is 14.2. The minimum atomic E-state index is -4.50. The number of halogens is 3. The molecule has 0 bridgehead atoms. The molecule has 4 N–H and O–H groups in total. The third kappa shape index (κ3) is 5.95. The van der Waals surface area contributed by atoms with Crippen molar-refractivity contribution in [3.63, 3.8) is 0 Å². The Bertz CT molecular complexity index is 675. The zero-order chi connectivity index (χ0) is 20.2. The van der Waals surface area contributed by atoms with E-state index in [4.69, 9.17) is 9.84 Å². The van der Waals surface area contributed by atoms with Crippen LogP contribution in [0.5, 0.6) is 5.75 Å². The number of rotatable bonds is 7. The van der Waals surface area contributed by atoms with Crippen molar-refractivity contribution in [1.82, 2.24) is 0 Å². The van der Waals surface area contributed by atoms with Crippen molar-refractivity contribution >= 4 is 5.97 Å². The Labute approximate surface area is 153 Å². The van der Waals surface area contributed by atoms with Gasteiger partial charge >= 0.3 is 12.1 Å². The summed E-state index contributed by atoms with van der Waals surface area (Å²) in [6.07, 6.45) is -5.22. The molecule has 1 aromatic rings. The molecule has 0 heterocycles. The molecule has 9 heteroatoms. The van der Waals surface area contributed by atoms with Crippen LogP contribution in [0.3, 0.4) is 0 Å². The summed E-state index contributed by atoms with van der Waals surface area (Å²) in [5.74, 6) is -2.51. The summed E-state index contributed by atoms with van der Waals surface area (Å²) in [6.45, 7) is -0.327. The van der Waals surface area contributed by atoms with Crippen molar-refractivity contribution in [2.45, 2.75) is 37.3 Å². The van der Waals surface area contributed by atoms with Crippen LogP contribution in [-0.2, 0) is 11.0 Å². The van der Waals surface area contributed by atoms with Crippen molar-refractivity contribution in [2.75, 3.05) is 6.61 Å². The van der Waals surface area contributed by atoms with E-state index in [-0.39, 0.29) is 25.2 Å². The Morgan fingerprint density at radius 3 is 2.63 bits per heavy atom. The largest absolute Gasteiger partial charge is 0.491 e. The lowest BCUT2D eigenvalue weighted by Crippen LogP contribution is -2.24. The van der Waals surface area contributed by atoms with Crippen molar-refractivity contribution in [1.29, 1.82) is 0 Å². The lowest BCUT2D eigenvalue weighted by atomic mass is 9.90. The molecule has 1 aliphatic carbocycles. The molecule has 0 aromatic heterocycles. The molecule has 0 amide bonds. The molecule has 1 saturated carbocycles. The number of aliphatic hydroxyl groups excluding tert-OH is 3. The first kappa shape index (κ1) is 21.2. The van der Waals surface area contributed by atoms with E-state index in [2.05, 4.69) is 0 Å². The average Bonchev–Trinajstić information content (AvgIpc) is 2.83. The predicted octanol–water partition coefficient (Wildman–Crippen LogP) is 1.83. The summed E-state index contributed by atoms with van der Waals surface area (Å²) in [5, 5.41) is 38.6. The first-order valence-corrected chi connectivity index (χ1v) is 8.32. The molecule has 1 aromatic carbocycles. The number of alkyl halides is 3. The van der Waals surface area contributed by atoms with Crippen LogP contribution in [0.4, 0.5) is 13.2 Å². The van der Waals surface area contributed by atoms with Gasteiger partial charge in [0.1, 0.15) is 18.5 Å². The van der Waals surface area contributed by atoms with Gasteiger partial charge in [-0.3, -0.25) is 4.79 Å². The van der Waals surface area contributed by atoms with E-state index in [9.17, 15) is 33.3 Å². The van der Waals surface area contributed by atoms with Gasteiger partial charge in [0.05, 0.1) is 24.2 Å². The van der Waals surface area contributed by atoms with E-state index in [0.717, 1.165) is 12.1 Å². The molecule has 27 heavy (non-hydrogen) atoms. The van der Waals surface area contributed by atoms with Crippen molar-refractivity contribution in [3.8, 4) is 5.75 Å². The van der Waals surface area contributed by atoms with Crippen molar-refractivity contribution in [2.24, 2.45) is 11.8 Å². The number of hydrogen-bond acceptors (Lipinski definition) is 5. The van der Waals surface area contributed by atoms with Gasteiger partial charge in [0.2, 0.25) is 0 Å². The molecule has 0 radical (unpaired) electrons. The molecule has 0 unspecified atom stereocenters.